The largest absolute Gasteiger partial charge is 0.243 e. The van der Waals surface area contributed by atoms with Gasteiger partial charge in [0.15, 0.2) is 0 Å². The Morgan fingerprint density at radius 1 is 1.20 bits per heavy atom. The molecule has 5 nitrogen and oxygen atoms in total. The van der Waals surface area contributed by atoms with Gasteiger partial charge in [-0.3, -0.25) is 0 Å². The van der Waals surface area contributed by atoms with Crippen LogP contribution in [0.2, 0.25) is 0 Å². The maximum absolute atomic E-state index is 12.5. The monoisotopic (exact) mass is 289 g/mol. The SMILES string of the molecule is Cc1ncc2c(n1)CCN(S(=O)(=O)c1ccccc1)C2. The van der Waals surface area contributed by atoms with E-state index in [0.717, 1.165) is 17.1 Å². The lowest BCUT2D eigenvalue weighted by atomic mass is 10.1. The van der Waals surface area contributed by atoms with Gasteiger partial charge in [0.2, 0.25) is 10.0 Å². The summed E-state index contributed by atoms with van der Waals surface area (Å²) >= 11 is 0. The first-order chi connectivity index (χ1) is 9.57. The van der Waals surface area contributed by atoms with E-state index in [1.165, 1.54) is 4.31 Å². The molecule has 0 saturated carbocycles. The third-order valence-electron chi connectivity index (χ3n) is 3.40. The lowest BCUT2D eigenvalue weighted by Gasteiger charge is -2.27. The normalized spacial score (nSPS) is 15.8. The van der Waals surface area contributed by atoms with E-state index in [2.05, 4.69) is 9.97 Å². The minimum absolute atomic E-state index is 0.330. The second-order valence-electron chi connectivity index (χ2n) is 4.79. The minimum atomic E-state index is -3.44. The molecular weight excluding hydrogens is 274 g/mol. The lowest BCUT2D eigenvalue weighted by Crippen LogP contribution is -2.36. The van der Waals surface area contributed by atoms with E-state index in [1.54, 1.807) is 36.5 Å². The predicted molar refractivity (Wildman–Crippen MR) is 74.5 cm³/mol. The molecule has 20 heavy (non-hydrogen) atoms. The van der Waals surface area contributed by atoms with E-state index in [1.807, 2.05) is 6.92 Å². The standard InChI is InChI=1S/C14H15N3O2S/c1-11-15-9-12-10-17(8-7-14(12)16-11)20(18,19)13-5-3-2-4-6-13/h2-6,9H,7-8,10H2,1H3. The van der Waals surface area contributed by atoms with Crippen LogP contribution in [0.15, 0.2) is 41.4 Å². The fraction of sp³-hybridized carbons (Fsp3) is 0.286. The number of hydrogen-bond acceptors (Lipinski definition) is 4. The first-order valence-corrected chi connectivity index (χ1v) is 7.88. The van der Waals surface area contributed by atoms with Crippen LogP contribution in [0.25, 0.3) is 0 Å². The Morgan fingerprint density at radius 2 is 1.95 bits per heavy atom. The van der Waals surface area contributed by atoms with Gasteiger partial charge >= 0.3 is 0 Å². The van der Waals surface area contributed by atoms with Gasteiger partial charge in [-0.1, -0.05) is 18.2 Å². The molecule has 1 aliphatic heterocycles. The molecule has 2 aromatic rings. The molecule has 6 heteroatoms. The first kappa shape index (κ1) is 13.2. The fourth-order valence-corrected chi connectivity index (χ4v) is 3.78. The molecule has 0 unspecified atom stereocenters. The molecule has 0 radical (unpaired) electrons. The van der Waals surface area contributed by atoms with Crippen molar-refractivity contribution >= 4 is 10.0 Å². The number of fused-ring (bicyclic) bond motifs is 1. The molecule has 0 saturated heterocycles. The molecule has 2 heterocycles. The molecule has 0 bridgehead atoms. The molecule has 1 aromatic carbocycles. The van der Waals surface area contributed by atoms with Crippen LogP contribution in [-0.4, -0.2) is 29.2 Å². The van der Waals surface area contributed by atoms with Crippen molar-refractivity contribution in [2.45, 2.75) is 24.8 Å². The Balaban J connectivity index is 1.92. The van der Waals surface area contributed by atoms with Crippen LogP contribution >= 0.6 is 0 Å². The zero-order chi connectivity index (χ0) is 14.2. The van der Waals surface area contributed by atoms with Crippen LogP contribution in [0.5, 0.6) is 0 Å². The first-order valence-electron chi connectivity index (χ1n) is 6.44. The van der Waals surface area contributed by atoms with Crippen molar-refractivity contribution in [1.82, 2.24) is 14.3 Å². The number of nitrogens with zero attached hydrogens (tertiary/aromatic N) is 3. The Morgan fingerprint density at radius 3 is 2.70 bits per heavy atom. The minimum Gasteiger partial charge on any atom is -0.241 e. The van der Waals surface area contributed by atoms with Gasteiger partial charge in [-0.15, -0.1) is 0 Å². The molecular formula is C14H15N3O2S. The quantitative estimate of drug-likeness (QED) is 0.841. The summed E-state index contributed by atoms with van der Waals surface area (Å²) in [7, 11) is -3.44. The molecule has 0 spiro atoms. The maximum Gasteiger partial charge on any atom is 0.243 e. The smallest absolute Gasteiger partial charge is 0.241 e. The van der Waals surface area contributed by atoms with Gasteiger partial charge in [-0.05, 0) is 19.1 Å². The Bertz CT molecular complexity index is 729. The van der Waals surface area contributed by atoms with Crippen molar-refractivity contribution < 1.29 is 8.42 Å². The Kier molecular flexibility index (Phi) is 3.27. The predicted octanol–water partition coefficient (Wildman–Crippen LogP) is 1.53. The van der Waals surface area contributed by atoms with Crippen LogP contribution in [0.3, 0.4) is 0 Å². The Hall–Kier alpha value is -1.79. The van der Waals surface area contributed by atoms with Crippen molar-refractivity contribution in [3.8, 4) is 0 Å². The second kappa shape index (κ2) is 4.96. The van der Waals surface area contributed by atoms with Gasteiger partial charge in [0.05, 0.1) is 4.90 Å². The third-order valence-corrected chi connectivity index (χ3v) is 5.26. The summed E-state index contributed by atoms with van der Waals surface area (Å²) in [5, 5.41) is 0. The number of rotatable bonds is 2. The molecule has 104 valence electrons. The van der Waals surface area contributed by atoms with Crippen LogP contribution in [0.1, 0.15) is 17.1 Å². The van der Waals surface area contributed by atoms with Gasteiger partial charge in [-0.25, -0.2) is 18.4 Å². The summed E-state index contributed by atoms with van der Waals surface area (Å²) in [6, 6.07) is 8.52. The number of aromatic nitrogens is 2. The molecule has 0 atom stereocenters. The zero-order valence-electron chi connectivity index (χ0n) is 11.2. The van der Waals surface area contributed by atoms with E-state index >= 15 is 0 Å². The summed E-state index contributed by atoms with van der Waals surface area (Å²) in [4.78, 5) is 8.85. The van der Waals surface area contributed by atoms with E-state index in [-0.39, 0.29) is 0 Å². The molecule has 0 amide bonds. The number of hydrogen-bond donors (Lipinski definition) is 0. The van der Waals surface area contributed by atoms with E-state index in [4.69, 9.17) is 0 Å². The molecule has 1 aromatic heterocycles. The van der Waals surface area contributed by atoms with Gasteiger partial charge in [0, 0.05) is 37.0 Å². The van der Waals surface area contributed by atoms with E-state index < -0.39 is 10.0 Å². The van der Waals surface area contributed by atoms with Gasteiger partial charge in [-0.2, -0.15) is 4.31 Å². The van der Waals surface area contributed by atoms with Crippen LogP contribution in [-0.2, 0) is 23.0 Å². The lowest BCUT2D eigenvalue weighted by molar-refractivity contribution is 0.386. The molecule has 0 fully saturated rings. The van der Waals surface area contributed by atoms with Crippen LogP contribution in [0, 0.1) is 6.92 Å². The second-order valence-corrected chi connectivity index (χ2v) is 6.73. The summed E-state index contributed by atoms with van der Waals surface area (Å²) in [5.41, 5.74) is 1.85. The number of aryl methyl sites for hydroxylation is 1. The molecule has 1 aliphatic rings. The third kappa shape index (κ3) is 2.32. The van der Waals surface area contributed by atoms with E-state index in [9.17, 15) is 8.42 Å². The highest BCUT2D eigenvalue weighted by Gasteiger charge is 2.28. The fourth-order valence-electron chi connectivity index (χ4n) is 2.34. The van der Waals surface area contributed by atoms with Gasteiger partial charge in [0.25, 0.3) is 0 Å². The average Bonchev–Trinajstić information content (AvgIpc) is 2.47. The maximum atomic E-state index is 12.5. The van der Waals surface area contributed by atoms with Gasteiger partial charge < -0.3 is 0 Å². The Labute approximate surface area is 118 Å². The summed E-state index contributed by atoms with van der Waals surface area (Å²) in [6.45, 7) is 2.64. The highest BCUT2D eigenvalue weighted by atomic mass is 32.2. The topological polar surface area (TPSA) is 63.2 Å². The summed E-state index contributed by atoms with van der Waals surface area (Å²) < 4.78 is 26.6. The summed E-state index contributed by atoms with van der Waals surface area (Å²) in [6.07, 6.45) is 2.36. The molecule has 0 aliphatic carbocycles. The summed E-state index contributed by atoms with van der Waals surface area (Å²) in [5.74, 6) is 0.725. The van der Waals surface area contributed by atoms with Crippen molar-refractivity contribution in [1.29, 1.82) is 0 Å². The van der Waals surface area contributed by atoms with Crippen molar-refractivity contribution in [3.63, 3.8) is 0 Å². The van der Waals surface area contributed by atoms with Crippen LogP contribution < -0.4 is 0 Å². The van der Waals surface area contributed by atoms with E-state index in [0.29, 0.717) is 24.4 Å². The highest BCUT2D eigenvalue weighted by Crippen LogP contribution is 2.23. The van der Waals surface area contributed by atoms with Crippen molar-refractivity contribution in [3.05, 3.63) is 53.6 Å². The highest BCUT2D eigenvalue weighted by molar-refractivity contribution is 7.89. The number of sulfonamides is 1. The van der Waals surface area contributed by atoms with Crippen LogP contribution in [0.4, 0.5) is 0 Å². The van der Waals surface area contributed by atoms with Gasteiger partial charge in [0.1, 0.15) is 5.82 Å². The molecule has 0 N–H and O–H groups in total. The van der Waals surface area contributed by atoms with Crippen molar-refractivity contribution in [2.75, 3.05) is 6.54 Å². The average molecular weight is 289 g/mol. The number of benzene rings is 1. The zero-order valence-corrected chi connectivity index (χ0v) is 12.0. The molecule has 3 rings (SSSR count). The van der Waals surface area contributed by atoms with Crippen molar-refractivity contribution in [2.24, 2.45) is 0 Å².